The molecule has 3 aliphatic rings. The molecule has 16 heteroatoms. The van der Waals surface area contributed by atoms with Crippen LogP contribution in [0.4, 0.5) is 0 Å². The van der Waals surface area contributed by atoms with E-state index >= 15 is 0 Å². The minimum Gasteiger partial charge on any atom is -0.387 e. The molecule has 3 fully saturated rings. The van der Waals surface area contributed by atoms with Gasteiger partial charge in [-0.05, 0) is 0 Å². The average Bonchev–Trinajstić information content (AvgIpc) is 2.92. The number of hydrogen-bond donors (Lipinski definition) is 5. The Labute approximate surface area is 232 Å². The molecule has 40 heavy (non-hydrogen) atoms. The Morgan fingerprint density at radius 3 is 1.32 bits per heavy atom. The number of aliphatic hydroxyl groups excluding tert-OH is 5. The summed E-state index contributed by atoms with van der Waals surface area (Å²) in [6.45, 7) is -0.148. The Balaban J connectivity index is 1.83. The van der Waals surface area contributed by atoms with E-state index < -0.39 is 92.1 Å². The third kappa shape index (κ3) is 7.28. The van der Waals surface area contributed by atoms with Crippen LogP contribution in [0.5, 0.6) is 0 Å². The first-order valence-corrected chi connectivity index (χ1v) is 12.9. The highest BCUT2D eigenvalue weighted by Crippen LogP contribution is 2.34. The van der Waals surface area contributed by atoms with Crippen molar-refractivity contribution in [2.75, 3.05) is 62.5 Å². The first-order valence-electron chi connectivity index (χ1n) is 12.9. The summed E-state index contributed by atoms with van der Waals surface area (Å²) in [7, 11) is 8.21. The van der Waals surface area contributed by atoms with Crippen LogP contribution in [-0.4, -0.2) is 180 Å². The molecular weight excluding hydrogens is 544 g/mol. The minimum atomic E-state index is -1.44. The van der Waals surface area contributed by atoms with Crippen molar-refractivity contribution in [3.05, 3.63) is 0 Å². The van der Waals surface area contributed by atoms with Gasteiger partial charge in [0.15, 0.2) is 18.9 Å². The summed E-state index contributed by atoms with van der Waals surface area (Å²) in [6.07, 6.45) is -17.9. The second-order valence-electron chi connectivity index (χ2n) is 9.78. The van der Waals surface area contributed by atoms with Crippen molar-refractivity contribution in [3.63, 3.8) is 0 Å². The molecule has 3 saturated heterocycles. The molecule has 3 rings (SSSR count). The van der Waals surface area contributed by atoms with Gasteiger partial charge >= 0.3 is 0 Å². The van der Waals surface area contributed by atoms with E-state index in [2.05, 4.69) is 0 Å². The predicted molar refractivity (Wildman–Crippen MR) is 130 cm³/mol. The monoisotopic (exact) mass is 588 g/mol. The zero-order valence-corrected chi connectivity index (χ0v) is 23.5. The summed E-state index contributed by atoms with van der Waals surface area (Å²) in [6, 6.07) is 0. The first-order chi connectivity index (χ1) is 19.2. The van der Waals surface area contributed by atoms with Crippen LogP contribution in [0.25, 0.3) is 0 Å². The highest BCUT2D eigenvalue weighted by atomic mass is 16.8. The van der Waals surface area contributed by atoms with Gasteiger partial charge in [-0.1, -0.05) is 0 Å². The van der Waals surface area contributed by atoms with Gasteiger partial charge < -0.3 is 77.6 Å². The van der Waals surface area contributed by atoms with Crippen molar-refractivity contribution in [3.8, 4) is 0 Å². The molecule has 0 aromatic carbocycles. The normalized spacial score (nSPS) is 46.4. The molecule has 0 aromatic rings. The number of rotatable bonds is 13. The SMILES string of the molecule is COCC1OC(OC2C(COC)OC(OC3C(COC)OC(O)C(OC)C3O)C(OC)C2O)C(OC)C(O)C1O. The van der Waals surface area contributed by atoms with Crippen LogP contribution in [0, 0.1) is 0 Å². The van der Waals surface area contributed by atoms with Gasteiger partial charge in [0.05, 0.1) is 19.8 Å². The van der Waals surface area contributed by atoms with Gasteiger partial charge in [-0.15, -0.1) is 0 Å². The number of methoxy groups -OCH3 is 6. The summed E-state index contributed by atoms with van der Waals surface area (Å²) in [5.41, 5.74) is 0. The molecule has 0 aromatic heterocycles. The van der Waals surface area contributed by atoms with Gasteiger partial charge in [0.25, 0.3) is 0 Å². The first kappa shape index (κ1) is 33.9. The summed E-state index contributed by atoms with van der Waals surface area (Å²) in [4.78, 5) is 0. The second kappa shape index (κ2) is 15.7. The van der Waals surface area contributed by atoms with Gasteiger partial charge in [-0.3, -0.25) is 0 Å². The third-order valence-corrected chi connectivity index (χ3v) is 7.29. The number of ether oxygens (including phenoxy) is 11. The van der Waals surface area contributed by atoms with Gasteiger partial charge in [-0.2, -0.15) is 0 Å². The van der Waals surface area contributed by atoms with Gasteiger partial charge in [0.2, 0.25) is 0 Å². The molecule has 0 aliphatic carbocycles. The fourth-order valence-corrected chi connectivity index (χ4v) is 5.23. The summed E-state index contributed by atoms with van der Waals surface area (Å²) >= 11 is 0. The molecule has 0 spiro atoms. The molecule has 16 nitrogen and oxygen atoms in total. The van der Waals surface area contributed by atoms with Gasteiger partial charge in [0, 0.05) is 42.7 Å². The lowest BCUT2D eigenvalue weighted by molar-refractivity contribution is -0.381. The molecule has 15 atom stereocenters. The average molecular weight is 589 g/mol. The maximum Gasteiger partial charge on any atom is 0.187 e. The largest absolute Gasteiger partial charge is 0.387 e. The van der Waals surface area contributed by atoms with Crippen LogP contribution in [0.3, 0.4) is 0 Å². The molecule has 0 radical (unpaired) electrons. The van der Waals surface area contributed by atoms with Crippen molar-refractivity contribution in [1.82, 2.24) is 0 Å². The minimum absolute atomic E-state index is 0.0381. The molecular formula is C24H44O16. The highest BCUT2D eigenvalue weighted by molar-refractivity contribution is 4.97. The number of aliphatic hydroxyl groups is 5. The van der Waals surface area contributed by atoms with E-state index in [9.17, 15) is 25.5 Å². The maximum atomic E-state index is 11.4. The van der Waals surface area contributed by atoms with Crippen molar-refractivity contribution in [1.29, 1.82) is 0 Å². The number of hydrogen-bond acceptors (Lipinski definition) is 16. The molecule has 3 aliphatic heterocycles. The Bertz CT molecular complexity index is 727. The topological polar surface area (TPSA) is 203 Å². The fourth-order valence-electron chi connectivity index (χ4n) is 5.23. The molecule has 3 heterocycles. The Morgan fingerprint density at radius 1 is 0.450 bits per heavy atom. The zero-order chi connectivity index (χ0) is 29.6. The van der Waals surface area contributed by atoms with E-state index in [1.165, 1.54) is 42.7 Å². The van der Waals surface area contributed by atoms with E-state index in [1.54, 1.807) is 0 Å². The zero-order valence-electron chi connectivity index (χ0n) is 23.5. The van der Waals surface area contributed by atoms with Crippen molar-refractivity contribution >= 4 is 0 Å². The second-order valence-corrected chi connectivity index (χ2v) is 9.78. The lowest BCUT2D eigenvalue weighted by atomic mass is 9.96. The molecule has 15 unspecified atom stereocenters. The van der Waals surface area contributed by atoms with Crippen LogP contribution >= 0.6 is 0 Å². The van der Waals surface area contributed by atoms with E-state index in [-0.39, 0.29) is 19.8 Å². The summed E-state index contributed by atoms with van der Waals surface area (Å²) in [5, 5.41) is 53.6. The maximum absolute atomic E-state index is 11.4. The smallest absolute Gasteiger partial charge is 0.187 e. The van der Waals surface area contributed by atoms with Crippen LogP contribution in [-0.2, 0) is 52.1 Å². The van der Waals surface area contributed by atoms with Crippen molar-refractivity contribution in [2.45, 2.75) is 92.1 Å². The quantitative estimate of drug-likeness (QED) is 0.141. The molecule has 0 bridgehead atoms. The fraction of sp³-hybridized carbons (Fsp3) is 1.00. The summed E-state index contributed by atoms with van der Waals surface area (Å²) in [5.74, 6) is 0. The Hall–Kier alpha value is -0.640. The van der Waals surface area contributed by atoms with Crippen LogP contribution in [0.15, 0.2) is 0 Å². The van der Waals surface area contributed by atoms with Gasteiger partial charge in [0.1, 0.15) is 73.2 Å². The Kier molecular flexibility index (Phi) is 13.3. The van der Waals surface area contributed by atoms with E-state index in [0.29, 0.717) is 0 Å². The predicted octanol–water partition coefficient (Wildman–Crippen LogP) is -3.65. The molecule has 0 amide bonds. The summed E-state index contributed by atoms with van der Waals surface area (Å²) < 4.78 is 61.3. The van der Waals surface area contributed by atoms with Gasteiger partial charge in [-0.25, -0.2) is 0 Å². The lowest BCUT2D eigenvalue weighted by Gasteiger charge is -2.49. The molecule has 236 valence electrons. The highest BCUT2D eigenvalue weighted by Gasteiger charge is 2.54. The van der Waals surface area contributed by atoms with Crippen molar-refractivity contribution in [2.24, 2.45) is 0 Å². The lowest BCUT2D eigenvalue weighted by Crippen LogP contribution is -2.67. The standard InChI is InChI=1S/C24H44O16/c1-30-7-10-13(25)14(26)20(34-5)23(37-10)40-18-12(9-32-3)38-24(21(35-6)16(18)28)39-17-11(8-31-2)36-22(29)19(33-4)15(17)27/h10-29H,7-9H2,1-6H3. The van der Waals surface area contributed by atoms with E-state index in [4.69, 9.17) is 52.1 Å². The van der Waals surface area contributed by atoms with Crippen LogP contribution in [0.1, 0.15) is 0 Å². The van der Waals surface area contributed by atoms with E-state index in [1.807, 2.05) is 0 Å². The molecule has 0 saturated carbocycles. The van der Waals surface area contributed by atoms with Crippen LogP contribution < -0.4 is 0 Å². The van der Waals surface area contributed by atoms with Crippen molar-refractivity contribution < 1.29 is 77.6 Å². The van der Waals surface area contributed by atoms with E-state index in [0.717, 1.165) is 0 Å². The molecule has 5 N–H and O–H groups in total. The third-order valence-electron chi connectivity index (χ3n) is 7.29. The Morgan fingerprint density at radius 2 is 0.850 bits per heavy atom. The van der Waals surface area contributed by atoms with Crippen LogP contribution in [0.2, 0.25) is 0 Å².